The van der Waals surface area contributed by atoms with Crippen LogP contribution in [0.15, 0.2) is 59.4 Å². The van der Waals surface area contributed by atoms with E-state index in [9.17, 15) is 9.90 Å². The molecule has 0 aliphatic rings. The van der Waals surface area contributed by atoms with Gasteiger partial charge in [0.05, 0.1) is 5.56 Å². The highest BCUT2D eigenvalue weighted by molar-refractivity contribution is 5.64. The first kappa shape index (κ1) is 16.0. The van der Waals surface area contributed by atoms with Gasteiger partial charge in [-0.1, -0.05) is 42.5 Å². The van der Waals surface area contributed by atoms with Crippen molar-refractivity contribution in [3.63, 3.8) is 0 Å². The van der Waals surface area contributed by atoms with Crippen LogP contribution in [0.25, 0.3) is 11.1 Å². The van der Waals surface area contributed by atoms with Crippen LogP contribution in [0, 0.1) is 13.8 Å². The Hall–Kier alpha value is -2.88. The van der Waals surface area contributed by atoms with E-state index in [1.54, 1.807) is 12.1 Å². The molecule has 0 amide bonds. The molecule has 1 heterocycles. The van der Waals surface area contributed by atoms with Crippen molar-refractivity contribution < 1.29 is 5.11 Å². The Bertz CT molecular complexity index is 897. The molecule has 0 aliphatic heterocycles. The van der Waals surface area contributed by atoms with Crippen LogP contribution in [0.4, 0.5) is 0 Å². The molecule has 0 bridgehead atoms. The number of benzene rings is 2. The van der Waals surface area contributed by atoms with E-state index in [0.717, 1.165) is 35.6 Å². The molecule has 0 aliphatic carbocycles. The molecular weight excluding hydrogens is 300 g/mol. The van der Waals surface area contributed by atoms with Crippen molar-refractivity contribution in [2.24, 2.45) is 0 Å². The smallest absolute Gasteiger partial charge is 0.281 e. The first-order valence-corrected chi connectivity index (χ1v) is 7.97. The number of nitrogens with zero attached hydrogens (tertiary/aromatic N) is 2. The second-order valence-corrected chi connectivity index (χ2v) is 5.86. The normalized spacial score (nSPS) is 10.8. The zero-order chi connectivity index (χ0) is 17.1. The molecule has 0 unspecified atom stereocenters. The van der Waals surface area contributed by atoms with Gasteiger partial charge in [0.15, 0.2) is 0 Å². The Morgan fingerprint density at radius 2 is 1.67 bits per heavy atom. The highest BCUT2D eigenvalue weighted by Crippen LogP contribution is 2.20. The van der Waals surface area contributed by atoms with Gasteiger partial charge in [-0.15, -0.1) is 0 Å². The number of phenols is 1. The van der Waals surface area contributed by atoms with Crippen molar-refractivity contribution in [2.75, 3.05) is 0 Å². The number of rotatable bonds is 4. The average Bonchev–Trinajstić information content (AvgIpc) is 2.57. The van der Waals surface area contributed by atoms with E-state index in [1.165, 1.54) is 0 Å². The minimum absolute atomic E-state index is 0.183. The van der Waals surface area contributed by atoms with E-state index in [-0.39, 0.29) is 11.3 Å². The molecule has 24 heavy (non-hydrogen) atoms. The van der Waals surface area contributed by atoms with E-state index in [2.05, 4.69) is 9.55 Å². The van der Waals surface area contributed by atoms with E-state index in [4.69, 9.17) is 0 Å². The van der Waals surface area contributed by atoms with E-state index in [0.29, 0.717) is 5.56 Å². The quantitative estimate of drug-likeness (QED) is 0.801. The molecule has 0 saturated carbocycles. The molecule has 0 spiro atoms. The summed E-state index contributed by atoms with van der Waals surface area (Å²) in [5.41, 5.74) is 3.43. The maximum Gasteiger partial charge on any atom is 0.281 e. The van der Waals surface area contributed by atoms with Crippen LogP contribution in [0.5, 0.6) is 5.75 Å². The third kappa shape index (κ3) is 3.23. The number of aromatic hydroxyl groups is 1. The topological polar surface area (TPSA) is 55.1 Å². The molecule has 122 valence electrons. The third-order valence-electron chi connectivity index (χ3n) is 4.26. The van der Waals surface area contributed by atoms with Crippen LogP contribution in [-0.2, 0) is 13.0 Å². The van der Waals surface area contributed by atoms with Gasteiger partial charge < -0.3 is 9.67 Å². The Balaban J connectivity index is 1.96. The second kappa shape index (κ2) is 6.71. The average molecular weight is 320 g/mol. The zero-order valence-corrected chi connectivity index (χ0v) is 13.9. The summed E-state index contributed by atoms with van der Waals surface area (Å²) in [5.74, 6) is 0.985. The SMILES string of the molecule is Cc1nc(=O)c(-c2ccccc2)c(C)n1CCc1ccc(O)cc1. The predicted molar refractivity (Wildman–Crippen MR) is 95.2 cm³/mol. The van der Waals surface area contributed by atoms with Crippen LogP contribution >= 0.6 is 0 Å². The summed E-state index contributed by atoms with van der Waals surface area (Å²) in [5, 5.41) is 9.37. The van der Waals surface area contributed by atoms with Crippen LogP contribution in [0.1, 0.15) is 17.1 Å². The number of aryl methyl sites for hydroxylation is 2. The Morgan fingerprint density at radius 3 is 2.33 bits per heavy atom. The highest BCUT2D eigenvalue weighted by atomic mass is 16.3. The molecule has 0 radical (unpaired) electrons. The number of hydrogen-bond donors (Lipinski definition) is 1. The molecule has 2 aromatic carbocycles. The first-order valence-electron chi connectivity index (χ1n) is 7.97. The summed E-state index contributed by atoms with van der Waals surface area (Å²) in [6.45, 7) is 4.56. The van der Waals surface area contributed by atoms with Gasteiger partial charge in [0.25, 0.3) is 5.56 Å². The Labute approximate surface area is 141 Å². The van der Waals surface area contributed by atoms with Crippen LogP contribution in [0.3, 0.4) is 0 Å². The third-order valence-corrected chi connectivity index (χ3v) is 4.26. The van der Waals surface area contributed by atoms with Gasteiger partial charge in [-0.05, 0) is 43.5 Å². The van der Waals surface area contributed by atoms with Gasteiger partial charge in [-0.2, -0.15) is 4.98 Å². The molecule has 4 heteroatoms. The fourth-order valence-electron chi connectivity index (χ4n) is 2.97. The van der Waals surface area contributed by atoms with Crippen molar-refractivity contribution in [1.29, 1.82) is 0 Å². The summed E-state index contributed by atoms with van der Waals surface area (Å²) >= 11 is 0. The molecule has 0 saturated heterocycles. The van der Waals surface area contributed by atoms with Crippen molar-refractivity contribution in [2.45, 2.75) is 26.8 Å². The number of hydrogen-bond acceptors (Lipinski definition) is 3. The number of aromatic nitrogens is 2. The molecule has 4 nitrogen and oxygen atoms in total. The molecule has 3 rings (SSSR count). The lowest BCUT2D eigenvalue weighted by Crippen LogP contribution is -2.21. The van der Waals surface area contributed by atoms with Crippen molar-refractivity contribution in [3.05, 3.63) is 82.0 Å². The minimum atomic E-state index is -0.183. The molecule has 0 fully saturated rings. The monoisotopic (exact) mass is 320 g/mol. The van der Waals surface area contributed by atoms with Gasteiger partial charge in [0, 0.05) is 12.2 Å². The summed E-state index contributed by atoms with van der Waals surface area (Å²) < 4.78 is 2.08. The van der Waals surface area contributed by atoms with Crippen molar-refractivity contribution >= 4 is 0 Å². The van der Waals surface area contributed by atoms with Gasteiger partial charge in [-0.25, -0.2) is 0 Å². The maximum atomic E-state index is 12.4. The predicted octanol–water partition coefficient (Wildman–Crippen LogP) is 3.48. The van der Waals surface area contributed by atoms with E-state index < -0.39 is 0 Å². The summed E-state index contributed by atoms with van der Waals surface area (Å²) in [6.07, 6.45) is 0.806. The summed E-state index contributed by atoms with van der Waals surface area (Å²) in [6, 6.07) is 16.9. The number of phenolic OH excluding ortho intramolecular Hbond substituents is 1. The van der Waals surface area contributed by atoms with Gasteiger partial charge in [0.1, 0.15) is 11.6 Å². The fourth-order valence-corrected chi connectivity index (χ4v) is 2.97. The second-order valence-electron chi connectivity index (χ2n) is 5.86. The Kier molecular flexibility index (Phi) is 4.47. The highest BCUT2D eigenvalue weighted by Gasteiger charge is 2.13. The van der Waals surface area contributed by atoms with Crippen LogP contribution in [-0.4, -0.2) is 14.7 Å². The lowest BCUT2D eigenvalue weighted by atomic mass is 10.1. The lowest BCUT2D eigenvalue weighted by molar-refractivity contribution is 0.475. The van der Waals surface area contributed by atoms with Gasteiger partial charge in [0.2, 0.25) is 0 Å². The van der Waals surface area contributed by atoms with E-state index >= 15 is 0 Å². The van der Waals surface area contributed by atoms with Crippen LogP contribution in [0.2, 0.25) is 0 Å². The molecule has 1 aromatic heterocycles. The van der Waals surface area contributed by atoms with Crippen molar-refractivity contribution in [3.8, 4) is 16.9 Å². The largest absolute Gasteiger partial charge is 0.508 e. The van der Waals surface area contributed by atoms with Crippen LogP contribution < -0.4 is 5.56 Å². The standard InChI is InChI=1S/C20H20N2O2/c1-14-19(17-6-4-3-5-7-17)20(24)21-15(2)22(14)13-12-16-8-10-18(23)11-9-16/h3-11,23H,12-13H2,1-2H3. The summed E-state index contributed by atoms with van der Waals surface area (Å²) in [7, 11) is 0. The molecule has 0 atom stereocenters. The molecule has 1 N–H and O–H groups in total. The Morgan fingerprint density at radius 1 is 1.00 bits per heavy atom. The minimum Gasteiger partial charge on any atom is -0.508 e. The maximum absolute atomic E-state index is 12.4. The lowest BCUT2D eigenvalue weighted by Gasteiger charge is -2.17. The van der Waals surface area contributed by atoms with Crippen molar-refractivity contribution in [1.82, 2.24) is 9.55 Å². The molecular formula is C20H20N2O2. The van der Waals surface area contributed by atoms with Gasteiger partial charge in [-0.3, -0.25) is 4.79 Å². The fraction of sp³-hybridized carbons (Fsp3) is 0.200. The van der Waals surface area contributed by atoms with Gasteiger partial charge >= 0.3 is 0 Å². The van der Waals surface area contributed by atoms with E-state index in [1.807, 2.05) is 56.3 Å². The summed E-state index contributed by atoms with van der Waals surface area (Å²) in [4.78, 5) is 16.6. The first-order chi connectivity index (χ1) is 11.6. The zero-order valence-electron chi connectivity index (χ0n) is 13.9. The molecule has 3 aromatic rings.